The van der Waals surface area contributed by atoms with Gasteiger partial charge in [0, 0.05) is 18.6 Å². The van der Waals surface area contributed by atoms with Gasteiger partial charge in [-0.2, -0.15) is 0 Å². The van der Waals surface area contributed by atoms with E-state index >= 15 is 0 Å². The van der Waals surface area contributed by atoms with Crippen molar-refractivity contribution in [2.75, 3.05) is 20.1 Å². The summed E-state index contributed by atoms with van der Waals surface area (Å²) >= 11 is 0. The monoisotopic (exact) mass is 112 g/mol. The minimum Gasteiger partial charge on any atom is -0.311 e. The Morgan fingerprint density at radius 3 is 2.75 bits per heavy atom. The fraction of sp³-hybridized carbons (Fsp3) is 1.00. The van der Waals surface area contributed by atoms with Gasteiger partial charge in [-0.15, -0.1) is 0 Å². The number of rotatable bonds is 0. The summed E-state index contributed by atoms with van der Waals surface area (Å²) in [6.45, 7) is 2.52. The Balaban J connectivity index is 2.05. The first-order valence-corrected chi connectivity index (χ1v) is 3.31. The zero-order valence-corrected chi connectivity index (χ0v) is 5.22. The highest BCUT2D eigenvalue weighted by Crippen LogP contribution is 2.21. The number of fused-ring (bicyclic) bond motifs is 1. The molecule has 0 aromatic rings. The molecule has 2 heterocycles. The average molecular weight is 112 g/mol. The second kappa shape index (κ2) is 1.45. The van der Waals surface area contributed by atoms with E-state index in [1.807, 2.05) is 0 Å². The molecular weight excluding hydrogens is 100 g/mol. The lowest BCUT2D eigenvalue weighted by molar-refractivity contribution is 0.206. The summed E-state index contributed by atoms with van der Waals surface area (Å²) in [4.78, 5) is 2.45. The Labute approximate surface area is 49.9 Å². The van der Waals surface area contributed by atoms with Crippen LogP contribution in [0.1, 0.15) is 6.42 Å². The van der Waals surface area contributed by atoms with Crippen LogP contribution in [0, 0.1) is 0 Å². The van der Waals surface area contributed by atoms with Crippen molar-refractivity contribution in [2.45, 2.75) is 18.5 Å². The van der Waals surface area contributed by atoms with E-state index in [1.54, 1.807) is 0 Å². The van der Waals surface area contributed by atoms with Crippen molar-refractivity contribution in [2.24, 2.45) is 0 Å². The number of hydrogen-bond donors (Lipinski definition) is 1. The summed E-state index contributed by atoms with van der Waals surface area (Å²) in [6, 6.07) is 1.73. The van der Waals surface area contributed by atoms with E-state index in [4.69, 9.17) is 0 Å². The highest BCUT2D eigenvalue weighted by Gasteiger charge is 2.37. The maximum atomic E-state index is 3.40. The predicted molar refractivity (Wildman–Crippen MR) is 32.8 cm³/mol. The van der Waals surface area contributed by atoms with Crippen molar-refractivity contribution < 1.29 is 0 Å². The van der Waals surface area contributed by atoms with Gasteiger partial charge in [0.2, 0.25) is 0 Å². The molecule has 0 saturated carbocycles. The zero-order chi connectivity index (χ0) is 5.56. The van der Waals surface area contributed by atoms with E-state index in [9.17, 15) is 0 Å². The summed E-state index contributed by atoms with van der Waals surface area (Å²) in [5, 5.41) is 3.40. The molecule has 2 rings (SSSR count). The van der Waals surface area contributed by atoms with Crippen LogP contribution < -0.4 is 5.32 Å². The number of likely N-dealkylation sites (N-methyl/N-ethyl adjacent to an activating group) is 1. The molecule has 1 N–H and O–H groups in total. The molecule has 46 valence electrons. The van der Waals surface area contributed by atoms with Crippen LogP contribution >= 0.6 is 0 Å². The SMILES string of the molecule is CN1CC[C@@H]2NC[C@@H]21. The molecule has 0 amide bonds. The second-order valence-electron chi connectivity index (χ2n) is 2.85. The molecule has 8 heavy (non-hydrogen) atoms. The molecule has 0 spiro atoms. The fourth-order valence-corrected chi connectivity index (χ4v) is 1.66. The van der Waals surface area contributed by atoms with Gasteiger partial charge in [0.1, 0.15) is 0 Å². The third-order valence-corrected chi connectivity index (χ3v) is 2.41. The molecule has 2 heteroatoms. The first kappa shape index (κ1) is 4.77. The summed E-state index contributed by atoms with van der Waals surface area (Å²) in [7, 11) is 2.21. The maximum absolute atomic E-state index is 3.40. The van der Waals surface area contributed by atoms with Crippen LogP contribution in [-0.4, -0.2) is 37.1 Å². The molecule has 0 aromatic heterocycles. The topological polar surface area (TPSA) is 15.3 Å². The van der Waals surface area contributed by atoms with Crippen LogP contribution in [0.2, 0.25) is 0 Å². The predicted octanol–water partition coefficient (Wildman–Crippen LogP) is -0.338. The lowest BCUT2D eigenvalue weighted by Crippen LogP contribution is -2.58. The van der Waals surface area contributed by atoms with Crippen LogP contribution in [0.5, 0.6) is 0 Å². The van der Waals surface area contributed by atoms with Crippen LogP contribution in [-0.2, 0) is 0 Å². The highest BCUT2D eigenvalue weighted by atomic mass is 15.3. The third kappa shape index (κ3) is 0.446. The van der Waals surface area contributed by atoms with Crippen molar-refractivity contribution in [3.63, 3.8) is 0 Å². The molecule has 2 aliphatic heterocycles. The third-order valence-electron chi connectivity index (χ3n) is 2.41. The first-order chi connectivity index (χ1) is 3.88. The molecule has 0 aliphatic carbocycles. The number of nitrogens with one attached hydrogen (secondary N) is 1. The van der Waals surface area contributed by atoms with E-state index < -0.39 is 0 Å². The van der Waals surface area contributed by atoms with Gasteiger partial charge < -0.3 is 10.2 Å². The van der Waals surface area contributed by atoms with Gasteiger partial charge in [-0.25, -0.2) is 0 Å². The van der Waals surface area contributed by atoms with Crippen molar-refractivity contribution in [3.8, 4) is 0 Å². The largest absolute Gasteiger partial charge is 0.311 e. The smallest absolute Gasteiger partial charge is 0.0371 e. The minimum atomic E-state index is 0.847. The average Bonchev–Trinajstić information content (AvgIpc) is 1.80. The van der Waals surface area contributed by atoms with Crippen molar-refractivity contribution in [3.05, 3.63) is 0 Å². The van der Waals surface area contributed by atoms with Gasteiger partial charge in [-0.05, 0) is 20.0 Å². The Morgan fingerprint density at radius 1 is 1.62 bits per heavy atom. The molecule has 2 aliphatic rings. The Bertz CT molecular complexity index is 96.7. The van der Waals surface area contributed by atoms with Gasteiger partial charge >= 0.3 is 0 Å². The Kier molecular flexibility index (Phi) is 0.866. The van der Waals surface area contributed by atoms with E-state index in [0.29, 0.717) is 0 Å². The van der Waals surface area contributed by atoms with Crippen LogP contribution in [0.4, 0.5) is 0 Å². The Morgan fingerprint density at radius 2 is 2.50 bits per heavy atom. The number of likely N-dealkylation sites (tertiary alicyclic amines) is 1. The molecule has 2 fully saturated rings. The molecule has 2 saturated heterocycles. The molecule has 2 atom stereocenters. The lowest BCUT2D eigenvalue weighted by atomic mass is 10.0. The maximum Gasteiger partial charge on any atom is 0.0371 e. The molecule has 0 unspecified atom stereocenters. The number of nitrogens with zero attached hydrogens (tertiary/aromatic N) is 1. The Hall–Kier alpha value is -0.0800. The second-order valence-corrected chi connectivity index (χ2v) is 2.85. The van der Waals surface area contributed by atoms with Crippen LogP contribution in [0.25, 0.3) is 0 Å². The normalized spacial score (nSPS) is 46.1. The van der Waals surface area contributed by atoms with E-state index in [0.717, 1.165) is 12.1 Å². The van der Waals surface area contributed by atoms with Gasteiger partial charge in [-0.3, -0.25) is 0 Å². The zero-order valence-electron chi connectivity index (χ0n) is 5.22. The van der Waals surface area contributed by atoms with Crippen molar-refractivity contribution in [1.82, 2.24) is 10.2 Å². The van der Waals surface area contributed by atoms with Crippen LogP contribution in [0.3, 0.4) is 0 Å². The van der Waals surface area contributed by atoms with Gasteiger partial charge in [0.15, 0.2) is 0 Å². The molecular formula is C6H12N2. The molecule has 0 radical (unpaired) electrons. The van der Waals surface area contributed by atoms with E-state index in [2.05, 4.69) is 17.3 Å². The quantitative estimate of drug-likeness (QED) is 0.461. The minimum absolute atomic E-state index is 0.847. The fourth-order valence-electron chi connectivity index (χ4n) is 1.66. The summed E-state index contributed by atoms with van der Waals surface area (Å²) in [5.41, 5.74) is 0. The summed E-state index contributed by atoms with van der Waals surface area (Å²) in [6.07, 6.45) is 1.36. The van der Waals surface area contributed by atoms with Gasteiger partial charge in [0.05, 0.1) is 0 Å². The summed E-state index contributed by atoms with van der Waals surface area (Å²) in [5.74, 6) is 0. The van der Waals surface area contributed by atoms with Crippen molar-refractivity contribution >= 4 is 0 Å². The molecule has 2 nitrogen and oxygen atoms in total. The van der Waals surface area contributed by atoms with E-state index in [-0.39, 0.29) is 0 Å². The van der Waals surface area contributed by atoms with Crippen LogP contribution in [0.15, 0.2) is 0 Å². The standard InChI is InChI=1S/C6H12N2/c1-8-3-2-5-6(8)4-7-5/h5-7H,2-4H2,1H3/t5-,6-/m0/s1. The molecule has 0 bridgehead atoms. The van der Waals surface area contributed by atoms with E-state index in [1.165, 1.54) is 19.5 Å². The van der Waals surface area contributed by atoms with Gasteiger partial charge in [-0.1, -0.05) is 0 Å². The van der Waals surface area contributed by atoms with Crippen molar-refractivity contribution in [1.29, 1.82) is 0 Å². The first-order valence-electron chi connectivity index (χ1n) is 3.31. The lowest BCUT2D eigenvalue weighted by Gasteiger charge is -2.35. The molecule has 0 aromatic carbocycles. The highest BCUT2D eigenvalue weighted by molar-refractivity contribution is 4.99. The van der Waals surface area contributed by atoms with Gasteiger partial charge in [0.25, 0.3) is 0 Å². The number of hydrogen-bond acceptors (Lipinski definition) is 2. The summed E-state index contributed by atoms with van der Waals surface area (Å²) < 4.78 is 0.